The van der Waals surface area contributed by atoms with E-state index < -0.39 is 12.1 Å². The molecule has 0 atom stereocenters. The van der Waals surface area contributed by atoms with E-state index >= 15 is 0 Å². The van der Waals surface area contributed by atoms with E-state index in [0.717, 1.165) is 44.6 Å². The molecule has 1 aliphatic heterocycles. The fraction of sp³-hybridized carbons (Fsp3) is 0.400. The van der Waals surface area contributed by atoms with Crippen molar-refractivity contribution in [1.29, 1.82) is 0 Å². The first-order chi connectivity index (χ1) is 17.0. The van der Waals surface area contributed by atoms with Gasteiger partial charge in [0.2, 0.25) is 5.91 Å². The number of nitrogens with two attached hydrogens (primary N) is 2. The van der Waals surface area contributed by atoms with Crippen LogP contribution in [0, 0.1) is 0 Å². The second-order valence-electron chi connectivity index (χ2n) is 8.29. The van der Waals surface area contributed by atoms with Crippen LogP contribution in [0.1, 0.15) is 31.7 Å². The molecule has 1 aliphatic rings. The summed E-state index contributed by atoms with van der Waals surface area (Å²) < 4.78 is 31.7. The number of halogens is 3. The average Bonchev–Trinajstić information content (AvgIpc) is 2.84. The number of guanidine groups is 1. The third-order valence-corrected chi connectivity index (χ3v) is 5.66. The van der Waals surface area contributed by atoms with Crippen LogP contribution in [0.25, 0.3) is 0 Å². The van der Waals surface area contributed by atoms with Crippen LogP contribution in [0.2, 0.25) is 0 Å². The summed E-state index contributed by atoms with van der Waals surface area (Å²) in [6.45, 7) is 4.96. The lowest BCUT2D eigenvalue weighted by Gasteiger charge is -2.38. The number of likely N-dealkylation sites (tertiary alicyclic amines) is 1. The number of carbonyl (C=O) groups excluding carboxylic acids is 1. The molecule has 2 aromatic carbocycles. The largest absolute Gasteiger partial charge is 0.490 e. The van der Waals surface area contributed by atoms with Crippen molar-refractivity contribution >= 4 is 29.2 Å². The molecule has 0 saturated carbocycles. The Balaban J connectivity index is 0.000000572. The van der Waals surface area contributed by atoms with Crippen LogP contribution < -0.4 is 16.4 Å². The third-order valence-electron chi connectivity index (χ3n) is 5.66. The molecule has 5 N–H and O–H groups in total. The van der Waals surface area contributed by atoms with Crippen molar-refractivity contribution in [2.24, 2.45) is 16.5 Å². The maximum atomic E-state index is 12.8. The summed E-state index contributed by atoms with van der Waals surface area (Å²) in [6.07, 6.45) is -1.62. The lowest BCUT2D eigenvalue weighted by molar-refractivity contribution is -0.192. The second-order valence-corrected chi connectivity index (χ2v) is 8.29. The van der Waals surface area contributed by atoms with Crippen molar-refractivity contribution in [3.63, 3.8) is 0 Å². The van der Waals surface area contributed by atoms with Gasteiger partial charge >= 0.3 is 12.1 Å². The van der Waals surface area contributed by atoms with Crippen LogP contribution in [-0.4, -0.2) is 59.7 Å². The smallest absolute Gasteiger partial charge is 0.475 e. The van der Waals surface area contributed by atoms with Crippen molar-refractivity contribution in [1.82, 2.24) is 4.90 Å². The summed E-state index contributed by atoms with van der Waals surface area (Å²) in [4.78, 5) is 30.2. The van der Waals surface area contributed by atoms with Crippen LogP contribution in [0.5, 0.6) is 0 Å². The molecule has 0 aromatic heterocycles. The first-order valence-corrected chi connectivity index (χ1v) is 11.6. The first kappa shape index (κ1) is 28.6. The Hall–Kier alpha value is -3.60. The predicted octanol–water partition coefficient (Wildman–Crippen LogP) is 3.67. The van der Waals surface area contributed by atoms with Gasteiger partial charge in [0.15, 0.2) is 5.96 Å². The topological polar surface area (TPSA) is 125 Å². The summed E-state index contributed by atoms with van der Waals surface area (Å²) >= 11 is 0. The highest BCUT2D eigenvalue weighted by atomic mass is 19.4. The standard InChI is InChI=1S/C23H31N5O.C2HF3O2/c1-2-22(29)28(21-10-6-9-19(17-21)26-23(24)25)20-12-15-27(16-13-20)14-11-18-7-4-3-5-8-18;3-2(4,5)1(6)7/h3-10,17,20H,2,11-16H2,1H3,(H4,24,25,26);(H,6,7). The van der Waals surface area contributed by atoms with E-state index in [1.807, 2.05) is 36.1 Å². The molecule has 1 heterocycles. The van der Waals surface area contributed by atoms with E-state index in [2.05, 4.69) is 40.2 Å². The van der Waals surface area contributed by atoms with Crippen LogP contribution in [0.4, 0.5) is 24.5 Å². The second kappa shape index (κ2) is 13.5. The van der Waals surface area contributed by atoms with Gasteiger partial charge in [-0.25, -0.2) is 9.79 Å². The first-order valence-electron chi connectivity index (χ1n) is 11.6. The van der Waals surface area contributed by atoms with Crippen molar-refractivity contribution < 1.29 is 27.9 Å². The van der Waals surface area contributed by atoms with E-state index in [1.165, 1.54) is 5.56 Å². The maximum Gasteiger partial charge on any atom is 0.490 e. The zero-order valence-electron chi connectivity index (χ0n) is 20.1. The lowest BCUT2D eigenvalue weighted by Crippen LogP contribution is -2.47. The Morgan fingerprint density at radius 1 is 1.08 bits per heavy atom. The Morgan fingerprint density at radius 3 is 2.22 bits per heavy atom. The molecular weight excluding hydrogens is 475 g/mol. The maximum absolute atomic E-state index is 12.8. The van der Waals surface area contributed by atoms with E-state index in [1.54, 1.807) is 0 Å². The van der Waals surface area contributed by atoms with E-state index in [0.29, 0.717) is 12.1 Å². The average molecular weight is 508 g/mol. The van der Waals surface area contributed by atoms with E-state index in [4.69, 9.17) is 21.4 Å². The number of piperidine rings is 1. The quantitative estimate of drug-likeness (QED) is 0.388. The minimum absolute atomic E-state index is 0.0160. The highest BCUT2D eigenvalue weighted by molar-refractivity contribution is 5.94. The van der Waals surface area contributed by atoms with Crippen LogP contribution >= 0.6 is 0 Å². The molecule has 0 radical (unpaired) electrons. The predicted molar refractivity (Wildman–Crippen MR) is 133 cm³/mol. The lowest BCUT2D eigenvalue weighted by atomic mass is 10.0. The molecule has 1 amide bonds. The van der Waals surface area contributed by atoms with Crippen LogP contribution in [0.3, 0.4) is 0 Å². The molecule has 8 nitrogen and oxygen atoms in total. The number of benzene rings is 2. The van der Waals surface area contributed by atoms with Gasteiger partial charge in [-0.15, -0.1) is 0 Å². The number of amides is 1. The summed E-state index contributed by atoms with van der Waals surface area (Å²) in [5, 5.41) is 7.12. The van der Waals surface area contributed by atoms with Crippen molar-refractivity contribution in [3.8, 4) is 0 Å². The fourth-order valence-electron chi connectivity index (χ4n) is 3.92. The minimum atomic E-state index is -5.08. The molecule has 0 unspecified atom stereocenters. The van der Waals surface area contributed by atoms with E-state index in [-0.39, 0.29) is 17.9 Å². The monoisotopic (exact) mass is 507 g/mol. The van der Waals surface area contributed by atoms with Crippen LogP contribution in [0.15, 0.2) is 59.6 Å². The number of aliphatic imine (C=N–C) groups is 1. The normalized spacial score (nSPS) is 14.3. The summed E-state index contributed by atoms with van der Waals surface area (Å²) in [5.74, 6) is -2.61. The Bertz CT molecular complexity index is 1020. The molecule has 11 heteroatoms. The van der Waals surface area contributed by atoms with Gasteiger partial charge in [0.05, 0.1) is 5.69 Å². The number of carboxylic acids is 1. The van der Waals surface area contributed by atoms with Gasteiger partial charge in [0.1, 0.15) is 0 Å². The van der Waals surface area contributed by atoms with Gasteiger partial charge in [-0.3, -0.25) is 4.79 Å². The molecule has 36 heavy (non-hydrogen) atoms. The van der Waals surface area contributed by atoms with Crippen molar-refractivity contribution in [3.05, 3.63) is 60.2 Å². The molecule has 196 valence electrons. The van der Waals surface area contributed by atoms with E-state index in [9.17, 15) is 18.0 Å². The SMILES string of the molecule is CCC(=O)N(c1cccc(N=C(N)N)c1)C1CCN(CCc2ccccc2)CC1.O=C(O)C(F)(F)F. The third kappa shape index (κ3) is 9.21. The number of hydrogen-bond acceptors (Lipinski definition) is 4. The van der Waals surface area contributed by atoms with Crippen LogP contribution in [-0.2, 0) is 16.0 Å². The van der Waals surface area contributed by atoms with Crippen molar-refractivity contribution in [2.45, 2.75) is 44.8 Å². The molecule has 0 spiro atoms. The molecule has 1 saturated heterocycles. The Labute approximate surface area is 208 Å². The molecule has 1 fully saturated rings. The Morgan fingerprint density at radius 2 is 1.69 bits per heavy atom. The number of anilines is 1. The highest BCUT2D eigenvalue weighted by Gasteiger charge is 2.38. The van der Waals surface area contributed by atoms with Gasteiger partial charge in [-0.05, 0) is 43.0 Å². The molecule has 3 rings (SSSR count). The highest BCUT2D eigenvalue weighted by Crippen LogP contribution is 2.28. The van der Waals surface area contributed by atoms with Gasteiger partial charge in [-0.2, -0.15) is 13.2 Å². The summed E-state index contributed by atoms with van der Waals surface area (Å²) in [6, 6.07) is 18.4. The summed E-state index contributed by atoms with van der Waals surface area (Å²) in [5.41, 5.74) is 13.9. The van der Waals surface area contributed by atoms with Gasteiger partial charge in [0, 0.05) is 37.8 Å². The number of carbonyl (C=O) groups is 2. The van der Waals surface area contributed by atoms with Gasteiger partial charge < -0.3 is 26.4 Å². The zero-order valence-corrected chi connectivity index (χ0v) is 20.1. The number of hydrogen-bond donors (Lipinski definition) is 3. The van der Waals surface area contributed by atoms with Crippen molar-refractivity contribution in [2.75, 3.05) is 24.5 Å². The number of carboxylic acid groups (broad SMARTS) is 1. The number of alkyl halides is 3. The summed E-state index contributed by atoms with van der Waals surface area (Å²) in [7, 11) is 0. The zero-order chi connectivity index (χ0) is 26.7. The Kier molecular flexibility index (Phi) is 10.7. The molecule has 2 aromatic rings. The number of aliphatic carboxylic acids is 1. The number of nitrogens with zero attached hydrogens (tertiary/aromatic N) is 3. The molecular formula is C25H32F3N5O3. The fourth-order valence-corrected chi connectivity index (χ4v) is 3.92. The molecule has 0 bridgehead atoms. The number of rotatable bonds is 7. The molecule has 0 aliphatic carbocycles. The minimum Gasteiger partial charge on any atom is -0.475 e. The van der Waals surface area contributed by atoms with Gasteiger partial charge in [0.25, 0.3) is 0 Å². The van der Waals surface area contributed by atoms with Gasteiger partial charge in [-0.1, -0.05) is 43.3 Å².